The first-order chi connectivity index (χ1) is 9.11. The molecule has 2 atom stereocenters. The number of pyridine rings is 1. The molecule has 0 aliphatic carbocycles. The summed E-state index contributed by atoms with van der Waals surface area (Å²) >= 11 is 3.34. The summed E-state index contributed by atoms with van der Waals surface area (Å²) in [5, 5.41) is 17.6. The number of hydrogen-bond acceptors (Lipinski definition) is 5. The van der Waals surface area contributed by atoms with Gasteiger partial charge in [0.05, 0.1) is 9.40 Å². The summed E-state index contributed by atoms with van der Waals surface area (Å²) in [6.45, 7) is 0. The maximum Gasteiger partial charge on any atom is 0.288 e. The van der Waals surface area contributed by atoms with E-state index < -0.39 is 4.92 Å². The van der Waals surface area contributed by atoms with Crippen molar-refractivity contribution < 1.29 is 4.92 Å². The third-order valence-electron chi connectivity index (χ3n) is 3.85. The van der Waals surface area contributed by atoms with Gasteiger partial charge in [-0.05, 0) is 41.6 Å². The highest BCUT2D eigenvalue weighted by Crippen LogP contribution is 2.31. The number of aromatic nitrogens is 1. The third kappa shape index (κ3) is 2.71. The smallest absolute Gasteiger partial charge is 0.288 e. The SMILES string of the molecule is O=[N+]([O-])c1cnc(NC2CC3CCC(C2)N3)c(Br)c1. The van der Waals surface area contributed by atoms with Gasteiger partial charge in [-0.1, -0.05) is 0 Å². The zero-order valence-electron chi connectivity index (χ0n) is 10.3. The first-order valence-electron chi connectivity index (χ1n) is 6.44. The fourth-order valence-electron chi connectivity index (χ4n) is 3.00. The minimum Gasteiger partial charge on any atom is -0.366 e. The van der Waals surface area contributed by atoms with Crippen LogP contribution in [0.4, 0.5) is 11.5 Å². The second-order valence-corrected chi connectivity index (χ2v) is 6.09. The molecule has 0 spiro atoms. The van der Waals surface area contributed by atoms with E-state index in [4.69, 9.17) is 0 Å². The van der Waals surface area contributed by atoms with Crippen LogP contribution in [0.1, 0.15) is 25.7 Å². The molecular weight excluding hydrogens is 312 g/mol. The van der Waals surface area contributed by atoms with Gasteiger partial charge < -0.3 is 10.6 Å². The lowest BCUT2D eigenvalue weighted by atomic mass is 10.00. The molecule has 2 aliphatic rings. The first-order valence-corrected chi connectivity index (χ1v) is 7.23. The lowest BCUT2D eigenvalue weighted by Gasteiger charge is -2.30. The van der Waals surface area contributed by atoms with E-state index in [1.54, 1.807) is 0 Å². The number of nitro groups is 1. The van der Waals surface area contributed by atoms with E-state index in [0.717, 1.165) is 12.8 Å². The van der Waals surface area contributed by atoms with Crippen LogP contribution in [0.15, 0.2) is 16.7 Å². The molecule has 3 rings (SSSR count). The van der Waals surface area contributed by atoms with Crippen LogP contribution in [0.25, 0.3) is 0 Å². The number of piperidine rings is 1. The summed E-state index contributed by atoms with van der Waals surface area (Å²) in [7, 11) is 0. The molecule has 2 unspecified atom stereocenters. The van der Waals surface area contributed by atoms with Crippen LogP contribution in [0, 0.1) is 10.1 Å². The van der Waals surface area contributed by atoms with E-state index in [-0.39, 0.29) is 5.69 Å². The highest BCUT2D eigenvalue weighted by molar-refractivity contribution is 9.10. The van der Waals surface area contributed by atoms with E-state index in [9.17, 15) is 10.1 Å². The summed E-state index contributed by atoms with van der Waals surface area (Å²) in [6, 6.07) is 3.09. The highest BCUT2D eigenvalue weighted by Gasteiger charge is 2.33. The highest BCUT2D eigenvalue weighted by atomic mass is 79.9. The lowest BCUT2D eigenvalue weighted by Crippen LogP contribution is -2.43. The van der Waals surface area contributed by atoms with Crippen LogP contribution in [0.2, 0.25) is 0 Å². The number of fused-ring (bicyclic) bond motifs is 2. The fraction of sp³-hybridized carbons (Fsp3) is 0.583. The van der Waals surface area contributed by atoms with E-state index in [2.05, 4.69) is 31.5 Å². The Morgan fingerprint density at radius 2 is 2.11 bits per heavy atom. The maximum absolute atomic E-state index is 10.7. The van der Waals surface area contributed by atoms with Crippen molar-refractivity contribution in [1.82, 2.24) is 10.3 Å². The van der Waals surface area contributed by atoms with Crippen molar-refractivity contribution in [2.45, 2.75) is 43.8 Å². The summed E-state index contributed by atoms with van der Waals surface area (Å²) in [4.78, 5) is 14.4. The minimum absolute atomic E-state index is 0.00260. The van der Waals surface area contributed by atoms with Crippen LogP contribution < -0.4 is 10.6 Å². The molecule has 0 saturated carbocycles. The molecule has 2 bridgehead atoms. The van der Waals surface area contributed by atoms with Crippen molar-refractivity contribution in [1.29, 1.82) is 0 Å². The van der Waals surface area contributed by atoms with E-state index in [1.165, 1.54) is 25.1 Å². The number of anilines is 1. The zero-order chi connectivity index (χ0) is 13.4. The third-order valence-corrected chi connectivity index (χ3v) is 4.46. The topological polar surface area (TPSA) is 80.1 Å². The van der Waals surface area contributed by atoms with E-state index in [1.807, 2.05) is 0 Å². The number of rotatable bonds is 3. The molecule has 2 aliphatic heterocycles. The number of nitrogens with one attached hydrogen (secondary N) is 2. The van der Waals surface area contributed by atoms with Gasteiger partial charge in [-0.25, -0.2) is 4.98 Å². The second kappa shape index (κ2) is 5.05. The molecule has 2 saturated heterocycles. The Bertz CT molecular complexity index is 499. The number of nitrogens with zero attached hydrogens (tertiary/aromatic N) is 2. The van der Waals surface area contributed by atoms with Gasteiger partial charge in [0.1, 0.15) is 12.0 Å². The normalized spacial score (nSPS) is 29.2. The lowest BCUT2D eigenvalue weighted by molar-refractivity contribution is -0.385. The molecule has 102 valence electrons. The predicted octanol–water partition coefficient (Wildman–Crippen LogP) is 2.45. The molecule has 1 aromatic heterocycles. The summed E-state index contributed by atoms with van der Waals surface area (Å²) < 4.78 is 0.646. The Labute approximate surface area is 119 Å². The molecule has 6 nitrogen and oxygen atoms in total. The molecule has 0 aromatic carbocycles. The van der Waals surface area contributed by atoms with Crippen molar-refractivity contribution in [2.24, 2.45) is 0 Å². The molecule has 7 heteroatoms. The monoisotopic (exact) mass is 326 g/mol. The quantitative estimate of drug-likeness (QED) is 0.658. The van der Waals surface area contributed by atoms with Crippen molar-refractivity contribution in [2.75, 3.05) is 5.32 Å². The van der Waals surface area contributed by atoms with Crippen molar-refractivity contribution in [3.63, 3.8) is 0 Å². The Balaban J connectivity index is 1.71. The molecular formula is C12H15BrN4O2. The Morgan fingerprint density at radius 1 is 1.42 bits per heavy atom. The Kier molecular flexibility index (Phi) is 3.40. The molecule has 2 N–H and O–H groups in total. The number of halogens is 1. The molecule has 3 heterocycles. The molecule has 2 fully saturated rings. The molecule has 1 aromatic rings. The molecule has 0 radical (unpaired) electrons. The van der Waals surface area contributed by atoms with E-state index in [0.29, 0.717) is 28.4 Å². The Morgan fingerprint density at radius 3 is 2.68 bits per heavy atom. The van der Waals surface area contributed by atoms with Crippen molar-refractivity contribution in [3.8, 4) is 0 Å². The summed E-state index contributed by atoms with van der Waals surface area (Å²) in [5.74, 6) is 0.692. The first kappa shape index (κ1) is 12.8. The van der Waals surface area contributed by atoms with Crippen LogP contribution in [0.3, 0.4) is 0 Å². The summed E-state index contributed by atoms with van der Waals surface area (Å²) in [6.07, 6.45) is 5.96. The van der Waals surface area contributed by atoms with Gasteiger partial charge in [-0.3, -0.25) is 10.1 Å². The zero-order valence-corrected chi connectivity index (χ0v) is 11.9. The van der Waals surface area contributed by atoms with Gasteiger partial charge in [0.15, 0.2) is 0 Å². The largest absolute Gasteiger partial charge is 0.366 e. The maximum atomic E-state index is 10.7. The van der Waals surface area contributed by atoms with Crippen LogP contribution >= 0.6 is 15.9 Å². The van der Waals surface area contributed by atoms with Crippen molar-refractivity contribution in [3.05, 3.63) is 26.9 Å². The van der Waals surface area contributed by atoms with Crippen LogP contribution in [-0.4, -0.2) is 28.0 Å². The molecule has 19 heavy (non-hydrogen) atoms. The van der Waals surface area contributed by atoms with Crippen LogP contribution in [0.5, 0.6) is 0 Å². The van der Waals surface area contributed by atoms with Crippen molar-refractivity contribution >= 4 is 27.4 Å². The van der Waals surface area contributed by atoms with Gasteiger partial charge in [0, 0.05) is 24.2 Å². The number of hydrogen-bond donors (Lipinski definition) is 2. The Hall–Kier alpha value is -1.21. The summed E-state index contributed by atoms with van der Waals surface area (Å²) in [5.41, 5.74) is 0.00260. The van der Waals surface area contributed by atoms with Crippen LogP contribution in [-0.2, 0) is 0 Å². The fourth-order valence-corrected chi connectivity index (χ4v) is 3.45. The average Bonchev–Trinajstić information content (AvgIpc) is 2.71. The van der Waals surface area contributed by atoms with Gasteiger partial charge in [-0.2, -0.15) is 0 Å². The standard InChI is InChI=1S/C12H15BrN4O2/c13-11-5-10(17(18)19)6-14-12(11)16-9-3-7-1-2-8(4-9)15-7/h5-9,15H,1-4H2,(H,14,16). The van der Waals surface area contributed by atoms with Gasteiger partial charge in [0.2, 0.25) is 0 Å². The van der Waals surface area contributed by atoms with Gasteiger partial charge >= 0.3 is 0 Å². The second-order valence-electron chi connectivity index (χ2n) is 5.23. The van der Waals surface area contributed by atoms with E-state index >= 15 is 0 Å². The average molecular weight is 327 g/mol. The van der Waals surface area contributed by atoms with Gasteiger partial charge in [-0.15, -0.1) is 0 Å². The predicted molar refractivity (Wildman–Crippen MR) is 75.2 cm³/mol. The van der Waals surface area contributed by atoms with Gasteiger partial charge in [0.25, 0.3) is 5.69 Å². The molecule has 0 amide bonds. The minimum atomic E-state index is -0.438.